The van der Waals surface area contributed by atoms with Crippen LogP contribution in [0, 0.1) is 23.7 Å². The molecule has 4 rings (SSSR count). The Morgan fingerprint density at radius 3 is 2.38 bits per heavy atom. The Morgan fingerprint density at radius 1 is 1.12 bits per heavy atom. The van der Waals surface area contributed by atoms with Gasteiger partial charge in [-0.2, -0.15) is 0 Å². The van der Waals surface area contributed by atoms with Crippen LogP contribution in [0.5, 0.6) is 0 Å². The minimum absolute atomic E-state index is 0.131. The zero-order chi connectivity index (χ0) is 17.0. The molecule has 2 fully saturated rings. The van der Waals surface area contributed by atoms with Crippen LogP contribution in [0.15, 0.2) is 30.4 Å². The van der Waals surface area contributed by atoms with Crippen molar-refractivity contribution in [3.63, 3.8) is 0 Å². The molecule has 1 aromatic carbocycles. The van der Waals surface area contributed by atoms with Crippen molar-refractivity contribution in [3.8, 4) is 0 Å². The number of benzene rings is 1. The highest BCUT2D eigenvalue weighted by molar-refractivity contribution is 6.44. The molecule has 24 heavy (non-hydrogen) atoms. The maximum atomic E-state index is 12.5. The monoisotopic (exact) mass is 364 g/mol. The average molecular weight is 365 g/mol. The van der Waals surface area contributed by atoms with Crippen LogP contribution < -0.4 is 5.32 Å². The number of amides is 3. The SMILES string of the molecule is O=C(CN1C(=O)[C@@H]2[C@@H](C1=O)[C@H]1C=C[C@H]2C1)Nc1cccc(Cl)c1Cl. The number of nitrogens with one attached hydrogen (secondary N) is 1. The van der Waals surface area contributed by atoms with Crippen molar-refractivity contribution in [2.24, 2.45) is 23.7 Å². The number of hydrogen-bond acceptors (Lipinski definition) is 3. The molecular weight excluding hydrogens is 351 g/mol. The predicted molar refractivity (Wildman–Crippen MR) is 89.5 cm³/mol. The third kappa shape index (κ3) is 2.26. The van der Waals surface area contributed by atoms with Crippen LogP contribution in [0.3, 0.4) is 0 Å². The van der Waals surface area contributed by atoms with E-state index in [-0.39, 0.29) is 47.1 Å². The Balaban J connectivity index is 1.48. The number of allylic oxidation sites excluding steroid dienone is 2. The first-order valence-corrected chi connectivity index (χ1v) is 8.50. The van der Waals surface area contributed by atoms with E-state index < -0.39 is 5.91 Å². The summed E-state index contributed by atoms with van der Waals surface area (Å²) in [4.78, 5) is 38.4. The van der Waals surface area contributed by atoms with Crippen LogP contribution in [-0.4, -0.2) is 29.2 Å². The molecule has 2 aliphatic carbocycles. The van der Waals surface area contributed by atoms with Crippen molar-refractivity contribution in [1.29, 1.82) is 0 Å². The molecule has 0 unspecified atom stereocenters. The molecule has 124 valence electrons. The second-order valence-corrected chi connectivity index (χ2v) is 7.20. The summed E-state index contributed by atoms with van der Waals surface area (Å²) in [5.41, 5.74) is 0.357. The molecule has 3 amide bonds. The van der Waals surface area contributed by atoms with Gasteiger partial charge in [-0.05, 0) is 30.4 Å². The predicted octanol–water partition coefficient (Wildman–Crippen LogP) is 2.74. The molecule has 0 radical (unpaired) electrons. The van der Waals surface area contributed by atoms with E-state index in [9.17, 15) is 14.4 Å². The van der Waals surface area contributed by atoms with E-state index in [1.165, 1.54) is 0 Å². The summed E-state index contributed by atoms with van der Waals surface area (Å²) in [5, 5.41) is 3.15. The number of nitrogens with zero attached hydrogens (tertiary/aromatic N) is 1. The van der Waals surface area contributed by atoms with E-state index in [0.29, 0.717) is 10.7 Å². The van der Waals surface area contributed by atoms with Gasteiger partial charge >= 0.3 is 0 Å². The van der Waals surface area contributed by atoms with Gasteiger partial charge in [0.2, 0.25) is 17.7 Å². The van der Waals surface area contributed by atoms with Crippen LogP contribution >= 0.6 is 23.2 Å². The normalized spacial score (nSPS) is 30.2. The highest BCUT2D eigenvalue weighted by Crippen LogP contribution is 2.52. The molecule has 1 aliphatic heterocycles. The molecule has 1 N–H and O–H groups in total. The van der Waals surface area contributed by atoms with Gasteiger partial charge in [-0.3, -0.25) is 19.3 Å². The lowest BCUT2D eigenvalue weighted by Crippen LogP contribution is -2.39. The summed E-state index contributed by atoms with van der Waals surface area (Å²) in [6, 6.07) is 4.87. The Kier molecular flexibility index (Phi) is 3.66. The highest BCUT2D eigenvalue weighted by Gasteiger charge is 2.59. The van der Waals surface area contributed by atoms with E-state index in [1.807, 2.05) is 12.2 Å². The minimum atomic E-state index is -0.471. The zero-order valence-corrected chi connectivity index (χ0v) is 14.1. The highest BCUT2D eigenvalue weighted by atomic mass is 35.5. The lowest BCUT2D eigenvalue weighted by Gasteiger charge is -2.17. The number of hydrogen-bond donors (Lipinski definition) is 1. The maximum Gasteiger partial charge on any atom is 0.244 e. The first kappa shape index (κ1) is 15.7. The molecule has 1 heterocycles. The smallest absolute Gasteiger partial charge is 0.244 e. The summed E-state index contributed by atoms with van der Waals surface area (Å²) >= 11 is 11.9. The van der Waals surface area contributed by atoms with Crippen molar-refractivity contribution in [1.82, 2.24) is 4.90 Å². The van der Waals surface area contributed by atoms with E-state index in [4.69, 9.17) is 23.2 Å². The second kappa shape index (κ2) is 5.60. The van der Waals surface area contributed by atoms with Crippen LogP contribution in [0.25, 0.3) is 0 Å². The van der Waals surface area contributed by atoms with Gasteiger partial charge < -0.3 is 5.32 Å². The molecule has 0 aromatic heterocycles. The van der Waals surface area contributed by atoms with E-state index in [2.05, 4.69) is 5.32 Å². The number of halogens is 2. The van der Waals surface area contributed by atoms with Crippen molar-refractivity contribution in [3.05, 3.63) is 40.4 Å². The molecule has 4 atom stereocenters. The fourth-order valence-electron chi connectivity index (χ4n) is 4.05. The van der Waals surface area contributed by atoms with Gasteiger partial charge in [0, 0.05) is 0 Å². The summed E-state index contributed by atoms with van der Waals surface area (Å²) < 4.78 is 0. The van der Waals surface area contributed by atoms with E-state index in [0.717, 1.165) is 11.3 Å². The summed E-state index contributed by atoms with van der Waals surface area (Å²) in [6.45, 7) is -0.299. The number of anilines is 1. The molecule has 2 bridgehead atoms. The fourth-order valence-corrected chi connectivity index (χ4v) is 4.40. The zero-order valence-electron chi connectivity index (χ0n) is 12.5. The van der Waals surface area contributed by atoms with E-state index in [1.54, 1.807) is 18.2 Å². The number of rotatable bonds is 3. The number of imide groups is 1. The third-order valence-corrected chi connectivity index (χ3v) is 5.91. The van der Waals surface area contributed by atoms with Gasteiger partial charge in [0.1, 0.15) is 6.54 Å². The lowest BCUT2D eigenvalue weighted by atomic mass is 9.85. The molecule has 0 spiro atoms. The number of carbonyl (C=O) groups excluding carboxylic acids is 3. The average Bonchev–Trinajstić information content (AvgIpc) is 3.22. The molecule has 3 aliphatic rings. The Hall–Kier alpha value is -1.85. The van der Waals surface area contributed by atoms with Gasteiger partial charge in [-0.15, -0.1) is 0 Å². The van der Waals surface area contributed by atoms with Crippen molar-refractivity contribution < 1.29 is 14.4 Å². The van der Waals surface area contributed by atoms with Crippen molar-refractivity contribution >= 4 is 46.6 Å². The molecule has 1 aromatic rings. The standard InChI is InChI=1S/C17H14Cl2N2O3/c18-10-2-1-3-11(15(10)19)20-12(22)7-21-16(23)13-8-4-5-9(6-8)14(13)17(21)24/h1-5,8-9,13-14H,6-7H2,(H,20,22)/t8-,9-,13-,14-/m0/s1. The van der Waals surface area contributed by atoms with Gasteiger partial charge in [-0.25, -0.2) is 0 Å². The van der Waals surface area contributed by atoms with Crippen LogP contribution in [0.4, 0.5) is 5.69 Å². The second-order valence-electron chi connectivity index (χ2n) is 6.41. The fraction of sp³-hybridized carbons (Fsp3) is 0.353. The Bertz CT molecular complexity index is 762. The quantitative estimate of drug-likeness (QED) is 0.662. The summed E-state index contributed by atoms with van der Waals surface area (Å²) in [5.74, 6) is -1.28. The third-order valence-electron chi connectivity index (χ3n) is 5.09. The van der Waals surface area contributed by atoms with Gasteiger partial charge in [-0.1, -0.05) is 41.4 Å². The van der Waals surface area contributed by atoms with Gasteiger partial charge in [0.05, 0.1) is 27.6 Å². The van der Waals surface area contributed by atoms with Crippen molar-refractivity contribution in [2.75, 3.05) is 11.9 Å². The number of carbonyl (C=O) groups is 3. The minimum Gasteiger partial charge on any atom is -0.323 e. The van der Waals surface area contributed by atoms with Crippen LogP contribution in [0.1, 0.15) is 6.42 Å². The lowest BCUT2D eigenvalue weighted by molar-refractivity contribution is -0.143. The maximum absolute atomic E-state index is 12.5. The van der Waals surface area contributed by atoms with Crippen molar-refractivity contribution in [2.45, 2.75) is 6.42 Å². The van der Waals surface area contributed by atoms with Crippen LogP contribution in [0.2, 0.25) is 10.0 Å². The molecular formula is C17H14Cl2N2O3. The first-order valence-electron chi connectivity index (χ1n) is 7.75. The number of fused-ring (bicyclic) bond motifs is 5. The first-order chi connectivity index (χ1) is 11.5. The van der Waals surface area contributed by atoms with Gasteiger partial charge in [0.25, 0.3) is 0 Å². The van der Waals surface area contributed by atoms with Gasteiger partial charge in [0.15, 0.2) is 0 Å². The molecule has 5 nitrogen and oxygen atoms in total. The topological polar surface area (TPSA) is 66.5 Å². The Morgan fingerprint density at radius 2 is 1.75 bits per heavy atom. The molecule has 1 saturated carbocycles. The molecule has 1 saturated heterocycles. The summed E-state index contributed by atoms with van der Waals surface area (Å²) in [6.07, 6.45) is 4.91. The largest absolute Gasteiger partial charge is 0.323 e. The Labute approximate surface area is 148 Å². The summed E-state index contributed by atoms with van der Waals surface area (Å²) in [7, 11) is 0. The van der Waals surface area contributed by atoms with Crippen LogP contribution in [-0.2, 0) is 14.4 Å². The van der Waals surface area contributed by atoms with E-state index >= 15 is 0 Å². The number of likely N-dealkylation sites (tertiary alicyclic amines) is 1. The molecule has 7 heteroatoms.